The summed E-state index contributed by atoms with van der Waals surface area (Å²) in [5, 5.41) is 10.8. The van der Waals surface area contributed by atoms with Crippen molar-refractivity contribution in [3.8, 4) is 0 Å². The van der Waals surface area contributed by atoms with Crippen LogP contribution in [-0.4, -0.2) is 83.3 Å². The Kier molecular flexibility index (Phi) is 12.2. The molecule has 0 radical (unpaired) electrons. The molecule has 0 aromatic heterocycles. The first-order valence-corrected chi connectivity index (χ1v) is 16.3. The molecule has 2 fully saturated rings. The third kappa shape index (κ3) is 9.42. The molecule has 0 aromatic rings. The standard InChI is InChI=1S/C33H57N5O7/c1-13-15-16-20(24(39)27(41)34-14-2)35-26(40)23-21-19(33(21,11)12)17-38(23)28(42)25(31(5,6)7)37-30(44)36-22(18(3)4)29(43)45-32(8,9)10/h18-23,25H,13-17H2,1-12H3,(H,34,41)(H,35,40)(H2,36,37,44)/t19-,20?,21-,22-,23-,25+/m0/s1. The van der Waals surface area contributed by atoms with Crippen LogP contribution in [0, 0.1) is 28.6 Å². The van der Waals surface area contributed by atoms with E-state index in [1.165, 1.54) is 4.90 Å². The number of rotatable bonds is 13. The fraction of sp³-hybridized carbons (Fsp3) is 0.818. The Hall–Kier alpha value is -3.18. The highest BCUT2D eigenvalue weighted by Crippen LogP contribution is 2.65. The SMILES string of the molecule is CCCCC(NC(=O)[C@@H]1[C@@H]2[C@H](CN1C(=O)[C@@H](NC(=O)N[C@H](C(=O)OC(C)(C)C)C(C)C)C(C)(C)C)C2(C)C)C(=O)C(=O)NCC. The van der Waals surface area contributed by atoms with Crippen LogP contribution in [0.5, 0.6) is 0 Å². The number of amides is 5. The van der Waals surface area contributed by atoms with Crippen LogP contribution in [0.1, 0.15) is 102 Å². The Bertz CT molecular complexity index is 1140. The summed E-state index contributed by atoms with van der Waals surface area (Å²) in [5.74, 6) is -3.31. The Morgan fingerprint density at radius 2 is 1.53 bits per heavy atom. The van der Waals surface area contributed by atoms with Crippen molar-refractivity contribution in [2.45, 2.75) is 132 Å². The molecule has 45 heavy (non-hydrogen) atoms. The lowest BCUT2D eigenvalue weighted by molar-refractivity contribution is -0.158. The maximum Gasteiger partial charge on any atom is 0.329 e. The van der Waals surface area contributed by atoms with Gasteiger partial charge in [-0.3, -0.25) is 19.2 Å². The smallest absolute Gasteiger partial charge is 0.329 e. The molecule has 0 spiro atoms. The fourth-order valence-corrected chi connectivity index (χ4v) is 6.14. The highest BCUT2D eigenvalue weighted by molar-refractivity contribution is 6.38. The van der Waals surface area contributed by atoms with E-state index in [1.54, 1.807) is 41.5 Å². The summed E-state index contributed by atoms with van der Waals surface area (Å²) in [4.78, 5) is 81.1. The number of piperidine rings is 1. The molecule has 1 aliphatic heterocycles. The molecule has 6 atom stereocenters. The van der Waals surface area contributed by atoms with Crippen LogP contribution in [0.15, 0.2) is 0 Å². The number of likely N-dealkylation sites (N-methyl/N-ethyl adjacent to an activating group) is 1. The van der Waals surface area contributed by atoms with Gasteiger partial charge < -0.3 is 30.9 Å². The third-order valence-corrected chi connectivity index (χ3v) is 8.80. The van der Waals surface area contributed by atoms with Crippen molar-refractivity contribution in [2.75, 3.05) is 13.1 Å². The second-order valence-electron chi connectivity index (χ2n) is 15.5. The molecule has 4 N–H and O–H groups in total. The van der Waals surface area contributed by atoms with E-state index in [1.807, 2.05) is 27.7 Å². The number of unbranched alkanes of at least 4 members (excludes halogenated alkanes) is 1. The monoisotopic (exact) mass is 635 g/mol. The number of likely N-dealkylation sites (tertiary alicyclic amines) is 1. The number of carbonyl (C=O) groups is 6. The summed E-state index contributed by atoms with van der Waals surface area (Å²) < 4.78 is 5.49. The second kappa shape index (κ2) is 14.5. The van der Waals surface area contributed by atoms with Gasteiger partial charge in [0.05, 0.1) is 6.04 Å². The number of hydrogen-bond donors (Lipinski definition) is 4. The average Bonchev–Trinajstić information content (AvgIpc) is 3.21. The van der Waals surface area contributed by atoms with Gasteiger partial charge in [0.2, 0.25) is 17.6 Å². The van der Waals surface area contributed by atoms with Gasteiger partial charge in [0.1, 0.15) is 23.7 Å². The van der Waals surface area contributed by atoms with Crippen LogP contribution in [-0.2, 0) is 28.7 Å². The van der Waals surface area contributed by atoms with E-state index in [9.17, 15) is 28.8 Å². The first-order valence-electron chi connectivity index (χ1n) is 16.3. The van der Waals surface area contributed by atoms with Crippen LogP contribution in [0.2, 0.25) is 0 Å². The number of ether oxygens (including phenoxy) is 1. The summed E-state index contributed by atoms with van der Waals surface area (Å²) in [7, 11) is 0. The Labute approximate surface area is 268 Å². The number of fused-ring (bicyclic) bond motifs is 1. The molecule has 12 heteroatoms. The van der Waals surface area contributed by atoms with Crippen molar-refractivity contribution in [1.29, 1.82) is 0 Å². The number of esters is 1. The zero-order valence-electron chi connectivity index (χ0n) is 29.4. The first-order chi connectivity index (χ1) is 20.6. The maximum atomic E-state index is 14.2. The van der Waals surface area contributed by atoms with Gasteiger partial charge in [-0.05, 0) is 62.7 Å². The second-order valence-corrected chi connectivity index (χ2v) is 15.5. The minimum absolute atomic E-state index is 0.0670. The summed E-state index contributed by atoms with van der Waals surface area (Å²) in [6, 6.07) is -4.56. The number of Topliss-reactive ketones (excluding diaryl/α,β-unsaturated/α-hetero) is 1. The topological polar surface area (TPSA) is 163 Å². The molecular weight excluding hydrogens is 578 g/mol. The van der Waals surface area contributed by atoms with E-state index < -0.39 is 70.7 Å². The Balaban J connectivity index is 2.32. The summed E-state index contributed by atoms with van der Waals surface area (Å²) >= 11 is 0. The summed E-state index contributed by atoms with van der Waals surface area (Å²) in [5.41, 5.74) is -1.69. The van der Waals surface area contributed by atoms with Gasteiger partial charge in [0.15, 0.2) is 0 Å². The van der Waals surface area contributed by atoms with Crippen LogP contribution in [0.4, 0.5) is 4.79 Å². The molecule has 256 valence electrons. The summed E-state index contributed by atoms with van der Waals surface area (Å²) in [6.07, 6.45) is 1.71. The van der Waals surface area contributed by atoms with E-state index >= 15 is 0 Å². The molecule has 0 bridgehead atoms. The minimum Gasteiger partial charge on any atom is -0.458 e. The minimum atomic E-state index is -1.03. The lowest BCUT2D eigenvalue weighted by atomic mass is 9.85. The molecule has 1 saturated heterocycles. The first kappa shape index (κ1) is 38.0. The zero-order chi connectivity index (χ0) is 34.7. The molecule has 2 aliphatic rings. The number of carbonyl (C=O) groups excluding carboxylic acids is 6. The van der Waals surface area contributed by atoms with E-state index in [-0.39, 0.29) is 29.7 Å². The fourth-order valence-electron chi connectivity index (χ4n) is 6.14. The molecule has 12 nitrogen and oxygen atoms in total. The predicted molar refractivity (Wildman–Crippen MR) is 171 cm³/mol. The summed E-state index contributed by atoms with van der Waals surface area (Å²) in [6.45, 7) is 22.6. The molecule has 2 rings (SSSR count). The van der Waals surface area contributed by atoms with Crippen LogP contribution >= 0.6 is 0 Å². The molecule has 1 heterocycles. The number of nitrogens with zero attached hydrogens (tertiary/aromatic N) is 1. The van der Waals surface area contributed by atoms with Crippen LogP contribution < -0.4 is 21.3 Å². The highest BCUT2D eigenvalue weighted by Gasteiger charge is 2.70. The molecule has 1 saturated carbocycles. The van der Waals surface area contributed by atoms with Gasteiger partial charge in [-0.2, -0.15) is 0 Å². The van der Waals surface area contributed by atoms with Crippen molar-refractivity contribution in [1.82, 2.24) is 26.2 Å². The lowest BCUT2D eigenvalue weighted by Gasteiger charge is -2.38. The number of hydrogen-bond acceptors (Lipinski definition) is 7. The van der Waals surface area contributed by atoms with Crippen LogP contribution in [0.3, 0.4) is 0 Å². The largest absolute Gasteiger partial charge is 0.458 e. The van der Waals surface area contributed by atoms with Crippen molar-refractivity contribution in [3.63, 3.8) is 0 Å². The van der Waals surface area contributed by atoms with Crippen molar-refractivity contribution >= 4 is 35.5 Å². The number of urea groups is 1. The Morgan fingerprint density at radius 3 is 2.02 bits per heavy atom. The molecule has 0 aromatic carbocycles. The molecule has 5 amide bonds. The van der Waals surface area contributed by atoms with Gasteiger partial charge >= 0.3 is 12.0 Å². The van der Waals surface area contributed by atoms with E-state index in [0.29, 0.717) is 19.4 Å². The zero-order valence-corrected chi connectivity index (χ0v) is 29.4. The van der Waals surface area contributed by atoms with Crippen molar-refractivity contribution in [2.24, 2.45) is 28.6 Å². The molecule has 1 aliphatic carbocycles. The lowest BCUT2D eigenvalue weighted by Crippen LogP contribution is -2.62. The van der Waals surface area contributed by atoms with Crippen molar-refractivity contribution < 1.29 is 33.5 Å². The number of ketones is 1. The van der Waals surface area contributed by atoms with Gasteiger partial charge in [-0.15, -0.1) is 0 Å². The Morgan fingerprint density at radius 1 is 0.933 bits per heavy atom. The van der Waals surface area contributed by atoms with E-state index in [0.717, 1.165) is 6.42 Å². The predicted octanol–water partition coefficient (Wildman–Crippen LogP) is 2.93. The normalized spacial score (nSPS) is 22.4. The van der Waals surface area contributed by atoms with Gasteiger partial charge in [-0.1, -0.05) is 68.2 Å². The van der Waals surface area contributed by atoms with E-state index in [4.69, 9.17) is 4.74 Å². The average molecular weight is 636 g/mol. The number of nitrogens with one attached hydrogen (secondary N) is 4. The quantitative estimate of drug-likeness (QED) is 0.179. The van der Waals surface area contributed by atoms with Crippen LogP contribution in [0.25, 0.3) is 0 Å². The van der Waals surface area contributed by atoms with Gasteiger partial charge in [0.25, 0.3) is 5.91 Å². The highest BCUT2D eigenvalue weighted by atomic mass is 16.6. The van der Waals surface area contributed by atoms with Gasteiger partial charge in [-0.25, -0.2) is 9.59 Å². The van der Waals surface area contributed by atoms with Gasteiger partial charge in [0, 0.05) is 13.1 Å². The van der Waals surface area contributed by atoms with Crippen molar-refractivity contribution in [3.05, 3.63) is 0 Å². The molecular formula is C33H57N5O7. The molecule has 1 unspecified atom stereocenters. The van der Waals surface area contributed by atoms with E-state index in [2.05, 4.69) is 35.1 Å². The third-order valence-electron chi connectivity index (χ3n) is 8.80. The maximum absolute atomic E-state index is 14.2.